The second kappa shape index (κ2) is 3.89. The van der Waals surface area contributed by atoms with Gasteiger partial charge in [-0.2, -0.15) is 0 Å². The molecule has 14 heavy (non-hydrogen) atoms. The van der Waals surface area contributed by atoms with Crippen molar-refractivity contribution < 1.29 is 0 Å². The standard InChI is InChI=1S/C9H12N4S/c1-13(5-3-10)7-2-4-11-9-8(7)12-6-14-9/h2,4,6H,3,5,10H2,1H3. The highest BCUT2D eigenvalue weighted by Crippen LogP contribution is 2.24. The Bertz CT molecular complexity index is 425. The Morgan fingerprint density at radius 3 is 3.14 bits per heavy atom. The molecule has 0 atom stereocenters. The van der Waals surface area contributed by atoms with E-state index in [0.29, 0.717) is 6.54 Å². The molecule has 0 aromatic carbocycles. The molecule has 0 unspecified atom stereocenters. The highest BCUT2D eigenvalue weighted by molar-refractivity contribution is 7.16. The number of hydrogen-bond acceptors (Lipinski definition) is 5. The van der Waals surface area contributed by atoms with Crippen molar-refractivity contribution in [1.29, 1.82) is 0 Å². The van der Waals surface area contributed by atoms with Crippen molar-refractivity contribution in [3.05, 3.63) is 17.8 Å². The number of aromatic nitrogens is 2. The molecular weight excluding hydrogens is 196 g/mol. The van der Waals surface area contributed by atoms with Gasteiger partial charge in [-0.3, -0.25) is 0 Å². The molecule has 0 saturated heterocycles. The van der Waals surface area contributed by atoms with Crippen molar-refractivity contribution in [2.45, 2.75) is 0 Å². The number of anilines is 1. The van der Waals surface area contributed by atoms with Crippen LogP contribution >= 0.6 is 11.3 Å². The van der Waals surface area contributed by atoms with Crippen LogP contribution in [0.4, 0.5) is 5.69 Å². The summed E-state index contributed by atoms with van der Waals surface area (Å²) in [6.45, 7) is 1.47. The number of rotatable bonds is 3. The topological polar surface area (TPSA) is 55.0 Å². The van der Waals surface area contributed by atoms with Crippen molar-refractivity contribution in [3.63, 3.8) is 0 Å². The lowest BCUT2D eigenvalue weighted by molar-refractivity contribution is 0.887. The summed E-state index contributed by atoms with van der Waals surface area (Å²) in [5.74, 6) is 0. The quantitative estimate of drug-likeness (QED) is 0.820. The number of nitrogens with zero attached hydrogens (tertiary/aromatic N) is 3. The van der Waals surface area contributed by atoms with Crippen molar-refractivity contribution in [2.75, 3.05) is 25.0 Å². The summed E-state index contributed by atoms with van der Waals surface area (Å²) in [5.41, 5.74) is 9.39. The van der Waals surface area contributed by atoms with Gasteiger partial charge in [-0.1, -0.05) is 0 Å². The van der Waals surface area contributed by atoms with E-state index in [1.807, 2.05) is 24.8 Å². The van der Waals surface area contributed by atoms with Crippen LogP contribution in [0, 0.1) is 0 Å². The van der Waals surface area contributed by atoms with E-state index in [2.05, 4.69) is 14.9 Å². The summed E-state index contributed by atoms with van der Waals surface area (Å²) in [5, 5.41) is 0. The maximum atomic E-state index is 5.51. The molecule has 0 aliphatic rings. The van der Waals surface area contributed by atoms with Gasteiger partial charge in [0.2, 0.25) is 0 Å². The predicted molar refractivity (Wildman–Crippen MR) is 59.7 cm³/mol. The monoisotopic (exact) mass is 208 g/mol. The van der Waals surface area contributed by atoms with Crippen LogP contribution in [0.5, 0.6) is 0 Å². The first kappa shape index (κ1) is 9.36. The third-order valence-corrected chi connectivity index (χ3v) is 2.82. The third kappa shape index (κ3) is 1.56. The number of pyridine rings is 1. The predicted octanol–water partition coefficient (Wildman–Crippen LogP) is 1.09. The number of likely N-dealkylation sites (N-methyl/N-ethyl adjacent to an activating group) is 1. The first-order chi connectivity index (χ1) is 6.83. The van der Waals surface area contributed by atoms with Crippen molar-refractivity contribution >= 4 is 27.4 Å². The first-order valence-electron chi connectivity index (χ1n) is 4.42. The molecule has 0 amide bonds. The fraction of sp³-hybridized carbons (Fsp3) is 0.333. The van der Waals surface area contributed by atoms with Gasteiger partial charge in [0, 0.05) is 26.3 Å². The summed E-state index contributed by atoms with van der Waals surface area (Å²) in [6.07, 6.45) is 1.81. The lowest BCUT2D eigenvalue weighted by Gasteiger charge is -2.17. The number of fused-ring (bicyclic) bond motifs is 1. The van der Waals surface area contributed by atoms with Crippen LogP contribution < -0.4 is 10.6 Å². The zero-order chi connectivity index (χ0) is 9.97. The normalized spacial score (nSPS) is 10.7. The zero-order valence-electron chi connectivity index (χ0n) is 7.97. The van der Waals surface area contributed by atoms with Crippen LogP contribution in [0.1, 0.15) is 0 Å². The van der Waals surface area contributed by atoms with Crippen LogP contribution in [0.15, 0.2) is 17.8 Å². The van der Waals surface area contributed by atoms with Gasteiger partial charge in [-0.05, 0) is 6.07 Å². The van der Waals surface area contributed by atoms with Crippen molar-refractivity contribution in [1.82, 2.24) is 9.97 Å². The molecule has 5 heteroatoms. The van der Waals surface area contributed by atoms with Crippen LogP contribution in [0.3, 0.4) is 0 Å². The molecule has 74 valence electrons. The van der Waals surface area contributed by atoms with Gasteiger partial charge in [-0.15, -0.1) is 11.3 Å². The molecule has 0 aliphatic carbocycles. The highest BCUT2D eigenvalue weighted by atomic mass is 32.1. The number of thiazole rings is 1. The fourth-order valence-electron chi connectivity index (χ4n) is 1.38. The molecule has 2 heterocycles. The number of nitrogens with two attached hydrogens (primary N) is 1. The molecule has 0 fully saturated rings. The van der Waals surface area contributed by atoms with E-state index in [1.165, 1.54) is 0 Å². The van der Waals surface area contributed by atoms with Gasteiger partial charge in [0.1, 0.15) is 10.3 Å². The van der Waals surface area contributed by atoms with E-state index in [9.17, 15) is 0 Å². The molecule has 0 saturated carbocycles. The van der Waals surface area contributed by atoms with Crippen LogP contribution in [-0.2, 0) is 0 Å². The van der Waals surface area contributed by atoms with Crippen LogP contribution in [0.25, 0.3) is 10.3 Å². The van der Waals surface area contributed by atoms with Gasteiger partial charge in [0.25, 0.3) is 0 Å². The lowest BCUT2D eigenvalue weighted by atomic mass is 10.3. The minimum atomic E-state index is 0.643. The number of hydrogen-bond donors (Lipinski definition) is 1. The van der Waals surface area contributed by atoms with E-state index in [1.54, 1.807) is 11.3 Å². The molecule has 0 radical (unpaired) electrons. The largest absolute Gasteiger partial charge is 0.371 e. The molecule has 2 aromatic heterocycles. The summed E-state index contributed by atoms with van der Waals surface area (Å²) in [4.78, 5) is 11.6. The van der Waals surface area contributed by atoms with Crippen molar-refractivity contribution in [2.24, 2.45) is 5.73 Å². The van der Waals surface area contributed by atoms with E-state index in [4.69, 9.17) is 5.73 Å². The highest BCUT2D eigenvalue weighted by Gasteiger charge is 2.07. The average Bonchev–Trinajstić information content (AvgIpc) is 2.65. The summed E-state index contributed by atoms with van der Waals surface area (Å²) in [7, 11) is 2.01. The van der Waals surface area contributed by atoms with Gasteiger partial charge in [-0.25, -0.2) is 9.97 Å². The van der Waals surface area contributed by atoms with E-state index < -0.39 is 0 Å². The summed E-state index contributed by atoms with van der Waals surface area (Å²) < 4.78 is 0. The Balaban J connectivity index is 2.45. The van der Waals surface area contributed by atoms with E-state index in [0.717, 1.165) is 22.6 Å². The van der Waals surface area contributed by atoms with Gasteiger partial charge >= 0.3 is 0 Å². The van der Waals surface area contributed by atoms with Crippen LogP contribution in [-0.4, -0.2) is 30.1 Å². The Labute approximate surface area is 86.4 Å². The van der Waals surface area contributed by atoms with Crippen molar-refractivity contribution in [3.8, 4) is 0 Å². The van der Waals surface area contributed by atoms with Crippen LogP contribution in [0.2, 0.25) is 0 Å². The first-order valence-corrected chi connectivity index (χ1v) is 5.30. The van der Waals surface area contributed by atoms with Gasteiger partial charge in [0.05, 0.1) is 11.2 Å². The molecule has 0 spiro atoms. The molecule has 4 nitrogen and oxygen atoms in total. The zero-order valence-corrected chi connectivity index (χ0v) is 8.79. The molecule has 0 bridgehead atoms. The molecule has 2 N–H and O–H groups in total. The smallest absolute Gasteiger partial charge is 0.145 e. The maximum absolute atomic E-state index is 5.51. The summed E-state index contributed by atoms with van der Waals surface area (Å²) in [6, 6.07) is 1.97. The second-order valence-corrected chi connectivity index (χ2v) is 3.88. The average molecular weight is 208 g/mol. The Kier molecular flexibility index (Phi) is 2.60. The molecule has 0 aliphatic heterocycles. The van der Waals surface area contributed by atoms with E-state index >= 15 is 0 Å². The molecule has 2 aromatic rings. The van der Waals surface area contributed by atoms with Gasteiger partial charge < -0.3 is 10.6 Å². The minimum Gasteiger partial charge on any atom is -0.371 e. The SMILES string of the molecule is CN(CCN)c1ccnc2scnc12. The Hall–Kier alpha value is -1.20. The fourth-order valence-corrected chi connectivity index (χ4v) is 2.03. The lowest BCUT2D eigenvalue weighted by Crippen LogP contribution is -2.25. The molecular formula is C9H12N4S. The second-order valence-electron chi connectivity index (χ2n) is 3.05. The Morgan fingerprint density at radius 1 is 1.50 bits per heavy atom. The van der Waals surface area contributed by atoms with Gasteiger partial charge in [0.15, 0.2) is 0 Å². The maximum Gasteiger partial charge on any atom is 0.145 e. The Morgan fingerprint density at radius 2 is 2.36 bits per heavy atom. The summed E-state index contributed by atoms with van der Waals surface area (Å²) >= 11 is 1.56. The van der Waals surface area contributed by atoms with E-state index in [-0.39, 0.29) is 0 Å². The molecule has 2 rings (SSSR count). The minimum absolute atomic E-state index is 0.643. The third-order valence-electron chi connectivity index (χ3n) is 2.09.